The molecule has 1 unspecified atom stereocenters. The maximum absolute atomic E-state index is 12.3. The highest BCUT2D eigenvalue weighted by Gasteiger charge is 2.18. The van der Waals surface area contributed by atoms with Gasteiger partial charge in [-0.1, -0.05) is 17.8 Å². The topological polar surface area (TPSA) is 81.9 Å². The van der Waals surface area contributed by atoms with Crippen LogP contribution in [0.15, 0.2) is 47.9 Å². The SMILES string of the molecule is COCC(C)NC(=O)CSc1nnc(-c2ccncc2)n1-c1ccc(C)c(C)c1. The fourth-order valence-corrected chi connectivity index (χ4v) is 3.65. The predicted molar refractivity (Wildman–Crippen MR) is 114 cm³/mol. The van der Waals surface area contributed by atoms with Gasteiger partial charge in [0.25, 0.3) is 0 Å². The van der Waals surface area contributed by atoms with Gasteiger partial charge in [-0.2, -0.15) is 0 Å². The molecule has 0 aliphatic heterocycles. The lowest BCUT2D eigenvalue weighted by Crippen LogP contribution is -2.36. The van der Waals surface area contributed by atoms with Crippen molar-refractivity contribution < 1.29 is 9.53 Å². The molecule has 1 amide bonds. The first-order chi connectivity index (χ1) is 14.0. The van der Waals surface area contributed by atoms with Crippen molar-refractivity contribution in [2.24, 2.45) is 0 Å². The number of hydrogen-bond donors (Lipinski definition) is 1. The van der Waals surface area contributed by atoms with E-state index in [1.54, 1.807) is 19.5 Å². The zero-order chi connectivity index (χ0) is 20.8. The standard InChI is InChI=1S/C21H25N5O2S/c1-14-5-6-18(11-15(14)2)26-20(17-7-9-22-10-8-17)24-25-21(26)29-13-19(27)23-16(3)12-28-4/h5-11,16H,12-13H2,1-4H3,(H,23,27). The van der Waals surface area contributed by atoms with E-state index in [4.69, 9.17) is 4.74 Å². The molecule has 3 aromatic rings. The quantitative estimate of drug-likeness (QED) is 0.573. The van der Waals surface area contributed by atoms with Crippen LogP contribution in [-0.4, -0.2) is 51.2 Å². The van der Waals surface area contributed by atoms with Crippen molar-refractivity contribution in [2.45, 2.75) is 32.0 Å². The molecule has 0 saturated heterocycles. The summed E-state index contributed by atoms with van der Waals surface area (Å²) in [5, 5.41) is 12.3. The predicted octanol–water partition coefficient (Wildman–Crippen LogP) is 3.19. The number of pyridine rings is 1. The second kappa shape index (κ2) is 9.67. The Kier molecular flexibility index (Phi) is 7.00. The molecule has 0 fully saturated rings. The van der Waals surface area contributed by atoms with E-state index < -0.39 is 0 Å². The Morgan fingerprint density at radius 1 is 1.17 bits per heavy atom. The average molecular weight is 412 g/mol. The first-order valence-electron chi connectivity index (χ1n) is 9.34. The zero-order valence-corrected chi connectivity index (χ0v) is 17.9. The van der Waals surface area contributed by atoms with Gasteiger partial charge in [-0.15, -0.1) is 10.2 Å². The lowest BCUT2D eigenvalue weighted by Gasteiger charge is -2.14. The molecule has 8 heteroatoms. The molecule has 1 atom stereocenters. The molecular weight excluding hydrogens is 386 g/mol. The van der Waals surface area contributed by atoms with Crippen LogP contribution in [0.25, 0.3) is 17.1 Å². The highest BCUT2D eigenvalue weighted by molar-refractivity contribution is 7.99. The Morgan fingerprint density at radius 2 is 1.93 bits per heavy atom. The Morgan fingerprint density at radius 3 is 2.62 bits per heavy atom. The number of benzene rings is 1. The number of carbonyl (C=O) groups excluding carboxylic acids is 1. The van der Waals surface area contributed by atoms with E-state index in [1.165, 1.54) is 22.9 Å². The fourth-order valence-electron chi connectivity index (χ4n) is 2.89. The minimum absolute atomic E-state index is 0.0434. The molecule has 2 aromatic heterocycles. The maximum atomic E-state index is 12.3. The van der Waals surface area contributed by atoms with Gasteiger partial charge in [0.05, 0.1) is 18.0 Å². The molecule has 1 N–H and O–H groups in total. The van der Waals surface area contributed by atoms with E-state index in [0.717, 1.165) is 11.3 Å². The molecule has 3 rings (SSSR count). The average Bonchev–Trinajstić information content (AvgIpc) is 3.13. The minimum Gasteiger partial charge on any atom is -0.383 e. The van der Waals surface area contributed by atoms with Crippen LogP contribution in [0.2, 0.25) is 0 Å². The normalized spacial score (nSPS) is 12.0. The first-order valence-corrected chi connectivity index (χ1v) is 10.3. The zero-order valence-electron chi connectivity index (χ0n) is 17.0. The molecule has 0 aliphatic rings. The third-order valence-corrected chi connectivity index (χ3v) is 5.41. The molecule has 0 bridgehead atoms. The Labute approximate surface area is 174 Å². The highest BCUT2D eigenvalue weighted by Crippen LogP contribution is 2.28. The summed E-state index contributed by atoms with van der Waals surface area (Å²) < 4.78 is 7.05. The minimum atomic E-state index is -0.0698. The number of hydrogen-bond acceptors (Lipinski definition) is 6. The monoisotopic (exact) mass is 411 g/mol. The van der Waals surface area contributed by atoms with Crippen LogP contribution in [0.4, 0.5) is 0 Å². The summed E-state index contributed by atoms with van der Waals surface area (Å²) in [6.45, 7) is 6.54. The van der Waals surface area contributed by atoms with Gasteiger partial charge < -0.3 is 10.1 Å². The number of carbonyl (C=O) groups is 1. The van der Waals surface area contributed by atoms with E-state index in [9.17, 15) is 4.79 Å². The number of amides is 1. The van der Waals surface area contributed by atoms with Gasteiger partial charge in [0.15, 0.2) is 11.0 Å². The number of thioether (sulfide) groups is 1. The van der Waals surface area contributed by atoms with Crippen molar-refractivity contribution in [3.8, 4) is 17.1 Å². The van der Waals surface area contributed by atoms with Crippen LogP contribution in [0.3, 0.4) is 0 Å². The molecule has 152 valence electrons. The van der Waals surface area contributed by atoms with Crippen LogP contribution in [0, 0.1) is 13.8 Å². The summed E-state index contributed by atoms with van der Waals surface area (Å²) in [5.74, 6) is 0.888. The third kappa shape index (κ3) is 5.21. The third-order valence-electron chi connectivity index (χ3n) is 4.48. The van der Waals surface area contributed by atoms with E-state index >= 15 is 0 Å². The summed E-state index contributed by atoms with van der Waals surface area (Å²) in [7, 11) is 1.62. The summed E-state index contributed by atoms with van der Waals surface area (Å²) in [6, 6.07) is 9.98. The smallest absolute Gasteiger partial charge is 0.230 e. The van der Waals surface area contributed by atoms with Gasteiger partial charge >= 0.3 is 0 Å². The summed E-state index contributed by atoms with van der Waals surface area (Å²) in [5.41, 5.74) is 4.27. The number of rotatable bonds is 8. The number of methoxy groups -OCH3 is 1. The largest absolute Gasteiger partial charge is 0.383 e. The van der Waals surface area contributed by atoms with Gasteiger partial charge in [0, 0.05) is 31.1 Å². The molecular formula is C21H25N5O2S. The van der Waals surface area contributed by atoms with E-state index in [2.05, 4.69) is 46.5 Å². The van der Waals surface area contributed by atoms with Gasteiger partial charge in [-0.05, 0) is 56.2 Å². The molecule has 0 saturated carbocycles. The van der Waals surface area contributed by atoms with Crippen molar-refractivity contribution >= 4 is 17.7 Å². The second-order valence-electron chi connectivity index (χ2n) is 6.86. The lowest BCUT2D eigenvalue weighted by molar-refractivity contribution is -0.119. The van der Waals surface area contributed by atoms with Gasteiger partial charge in [0.1, 0.15) is 0 Å². The van der Waals surface area contributed by atoms with Crippen LogP contribution >= 0.6 is 11.8 Å². The van der Waals surface area contributed by atoms with E-state index in [1.807, 2.05) is 29.7 Å². The van der Waals surface area contributed by atoms with Gasteiger partial charge in [-0.3, -0.25) is 14.3 Å². The molecule has 29 heavy (non-hydrogen) atoms. The summed E-state index contributed by atoms with van der Waals surface area (Å²) in [6.07, 6.45) is 3.46. The number of nitrogens with zero attached hydrogens (tertiary/aromatic N) is 4. The maximum Gasteiger partial charge on any atom is 0.230 e. The van der Waals surface area contributed by atoms with Crippen LogP contribution in [-0.2, 0) is 9.53 Å². The molecule has 7 nitrogen and oxygen atoms in total. The number of ether oxygens (including phenoxy) is 1. The summed E-state index contributed by atoms with van der Waals surface area (Å²) in [4.78, 5) is 16.4. The number of aromatic nitrogens is 4. The van der Waals surface area contributed by atoms with Gasteiger partial charge in [0.2, 0.25) is 5.91 Å². The van der Waals surface area contributed by atoms with Crippen LogP contribution < -0.4 is 5.32 Å². The summed E-state index contributed by atoms with van der Waals surface area (Å²) >= 11 is 1.36. The number of aryl methyl sites for hydroxylation is 2. The van der Waals surface area contributed by atoms with Crippen molar-refractivity contribution in [1.29, 1.82) is 0 Å². The highest BCUT2D eigenvalue weighted by atomic mass is 32.2. The second-order valence-corrected chi connectivity index (χ2v) is 7.80. The Balaban J connectivity index is 1.90. The lowest BCUT2D eigenvalue weighted by atomic mass is 10.1. The Hall–Kier alpha value is -2.71. The molecule has 0 radical (unpaired) electrons. The molecule has 0 aliphatic carbocycles. The van der Waals surface area contributed by atoms with E-state index in [-0.39, 0.29) is 17.7 Å². The number of nitrogens with one attached hydrogen (secondary N) is 1. The Bertz CT molecular complexity index is 974. The van der Waals surface area contributed by atoms with E-state index in [0.29, 0.717) is 17.6 Å². The van der Waals surface area contributed by atoms with Crippen molar-refractivity contribution in [2.75, 3.05) is 19.5 Å². The van der Waals surface area contributed by atoms with Gasteiger partial charge in [-0.25, -0.2) is 0 Å². The molecule has 0 spiro atoms. The fraction of sp³-hybridized carbons (Fsp3) is 0.333. The molecule has 1 aromatic carbocycles. The van der Waals surface area contributed by atoms with Crippen molar-refractivity contribution in [1.82, 2.24) is 25.1 Å². The van der Waals surface area contributed by atoms with Crippen LogP contribution in [0.1, 0.15) is 18.1 Å². The van der Waals surface area contributed by atoms with Crippen molar-refractivity contribution in [3.05, 3.63) is 53.9 Å². The first kappa shape index (κ1) is 21.0. The van der Waals surface area contributed by atoms with Crippen molar-refractivity contribution in [3.63, 3.8) is 0 Å². The molecule has 2 heterocycles. The van der Waals surface area contributed by atoms with Crippen LogP contribution in [0.5, 0.6) is 0 Å².